The first-order chi connectivity index (χ1) is 12.6. The Morgan fingerprint density at radius 1 is 1.12 bits per heavy atom. The lowest BCUT2D eigenvalue weighted by atomic mass is 10.0. The van der Waals surface area contributed by atoms with Crippen molar-refractivity contribution in [2.45, 2.75) is 18.9 Å². The second kappa shape index (κ2) is 7.90. The fraction of sp³-hybridized carbons (Fsp3) is 0.389. The molecule has 0 bridgehead atoms. The molecule has 2 aromatic rings. The van der Waals surface area contributed by atoms with Gasteiger partial charge in [-0.25, -0.2) is 14.8 Å². The van der Waals surface area contributed by atoms with Crippen LogP contribution in [-0.2, 0) is 0 Å². The summed E-state index contributed by atoms with van der Waals surface area (Å²) in [6.45, 7) is 1.64. The molecule has 138 valence electrons. The zero-order chi connectivity index (χ0) is 18.5. The van der Waals surface area contributed by atoms with E-state index in [9.17, 15) is 4.79 Å². The van der Waals surface area contributed by atoms with Gasteiger partial charge in [-0.1, -0.05) is 0 Å². The average molecular weight is 358 g/mol. The van der Waals surface area contributed by atoms with Crippen LogP contribution >= 0.6 is 0 Å². The Balaban J connectivity index is 1.59. The molecule has 0 amide bonds. The van der Waals surface area contributed by atoms with Crippen LogP contribution in [0.4, 0.5) is 11.5 Å². The zero-order valence-corrected chi connectivity index (χ0v) is 14.8. The maximum Gasteiger partial charge on any atom is 0.356 e. The number of carboxylic acids is 1. The molecule has 0 radical (unpaired) electrons. The minimum atomic E-state index is -1.07. The average Bonchev–Trinajstić information content (AvgIpc) is 2.68. The highest BCUT2D eigenvalue weighted by Crippen LogP contribution is 2.28. The number of nitrogens with zero attached hydrogens (tertiary/aromatic N) is 3. The van der Waals surface area contributed by atoms with E-state index in [4.69, 9.17) is 14.6 Å². The van der Waals surface area contributed by atoms with Crippen molar-refractivity contribution in [3.8, 4) is 11.5 Å². The first-order valence-corrected chi connectivity index (χ1v) is 8.39. The van der Waals surface area contributed by atoms with Gasteiger partial charge in [0.25, 0.3) is 0 Å². The number of ether oxygens (including phenoxy) is 2. The van der Waals surface area contributed by atoms with Crippen LogP contribution in [0.1, 0.15) is 23.3 Å². The molecule has 3 rings (SSSR count). The van der Waals surface area contributed by atoms with E-state index in [1.54, 1.807) is 14.2 Å². The van der Waals surface area contributed by atoms with Crippen molar-refractivity contribution in [2.24, 2.45) is 0 Å². The van der Waals surface area contributed by atoms with E-state index in [2.05, 4.69) is 20.2 Å². The number of piperidine rings is 1. The molecule has 1 aliphatic rings. The van der Waals surface area contributed by atoms with E-state index in [-0.39, 0.29) is 5.69 Å². The molecule has 2 heterocycles. The summed E-state index contributed by atoms with van der Waals surface area (Å²) in [6, 6.07) is 6.07. The van der Waals surface area contributed by atoms with Crippen LogP contribution in [0.15, 0.2) is 30.6 Å². The molecule has 0 unspecified atom stereocenters. The van der Waals surface area contributed by atoms with Gasteiger partial charge in [0.2, 0.25) is 0 Å². The van der Waals surface area contributed by atoms with Crippen LogP contribution in [0.3, 0.4) is 0 Å². The van der Waals surface area contributed by atoms with Gasteiger partial charge in [-0.05, 0) is 12.8 Å². The quantitative estimate of drug-likeness (QED) is 0.812. The van der Waals surface area contributed by atoms with Gasteiger partial charge in [-0.15, -0.1) is 0 Å². The smallest absolute Gasteiger partial charge is 0.356 e. The topological polar surface area (TPSA) is 96.8 Å². The molecule has 0 aliphatic carbocycles. The number of hydrogen-bond acceptors (Lipinski definition) is 7. The molecular weight excluding hydrogens is 336 g/mol. The lowest BCUT2D eigenvalue weighted by Crippen LogP contribution is -2.39. The van der Waals surface area contributed by atoms with E-state index < -0.39 is 5.97 Å². The van der Waals surface area contributed by atoms with Gasteiger partial charge in [-0.2, -0.15) is 0 Å². The third kappa shape index (κ3) is 4.14. The van der Waals surface area contributed by atoms with E-state index in [1.165, 1.54) is 12.4 Å². The number of anilines is 2. The second-order valence-corrected chi connectivity index (χ2v) is 6.07. The van der Waals surface area contributed by atoms with Crippen molar-refractivity contribution in [3.05, 3.63) is 36.3 Å². The van der Waals surface area contributed by atoms with Crippen LogP contribution in [0.25, 0.3) is 0 Å². The van der Waals surface area contributed by atoms with Crippen LogP contribution in [0.2, 0.25) is 0 Å². The third-order valence-electron chi connectivity index (χ3n) is 4.40. The van der Waals surface area contributed by atoms with Crippen molar-refractivity contribution in [1.82, 2.24) is 9.97 Å². The monoisotopic (exact) mass is 358 g/mol. The van der Waals surface area contributed by atoms with Gasteiger partial charge in [0.05, 0.1) is 26.6 Å². The van der Waals surface area contributed by atoms with Gasteiger partial charge in [0.15, 0.2) is 5.69 Å². The molecule has 1 fully saturated rings. The van der Waals surface area contributed by atoms with Crippen LogP contribution < -0.4 is 19.7 Å². The third-order valence-corrected chi connectivity index (χ3v) is 4.40. The van der Waals surface area contributed by atoms with Crippen LogP contribution in [0.5, 0.6) is 11.5 Å². The highest BCUT2D eigenvalue weighted by Gasteiger charge is 2.21. The largest absolute Gasteiger partial charge is 0.497 e. The fourth-order valence-electron chi connectivity index (χ4n) is 2.97. The summed E-state index contributed by atoms with van der Waals surface area (Å²) < 4.78 is 10.6. The highest BCUT2D eigenvalue weighted by atomic mass is 16.5. The molecule has 0 saturated carbocycles. The molecule has 8 heteroatoms. The van der Waals surface area contributed by atoms with Gasteiger partial charge in [-0.3, -0.25) is 0 Å². The number of aromatic carboxylic acids is 1. The van der Waals surface area contributed by atoms with E-state index in [0.717, 1.165) is 43.1 Å². The predicted molar refractivity (Wildman–Crippen MR) is 97.4 cm³/mol. The van der Waals surface area contributed by atoms with E-state index in [0.29, 0.717) is 11.9 Å². The molecule has 0 spiro atoms. The Labute approximate surface area is 151 Å². The first-order valence-electron chi connectivity index (χ1n) is 8.39. The summed E-state index contributed by atoms with van der Waals surface area (Å²) in [5.74, 6) is 1.13. The summed E-state index contributed by atoms with van der Waals surface area (Å²) in [5.41, 5.74) is 0.919. The highest BCUT2D eigenvalue weighted by molar-refractivity contribution is 5.84. The maximum atomic E-state index is 10.9. The van der Waals surface area contributed by atoms with E-state index in [1.807, 2.05) is 18.2 Å². The molecule has 1 aromatic heterocycles. The normalized spacial score (nSPS) is 14.8. The first kappa shape index (κ1) is 17.8. The molecule has 1 aliphatic heterocycles. The van der Waals surface area contributed by atoms with E-state index >= 15 is 0 Å². The molecule has 0 atom stereocenters. The number of methoxy groups -OCH3 is 2. The lowest BCUT2D eigenvalue weighted by molar-refractivity contribution is 0.0690. The number of carboxylic acid groups (broad SMARTS) is 1. The van der Waals surface area contributed by atoms with Crippen LogP contribution in [0, 0.1) is 0 Å². The summed E-state index contributed by atoms with van der Waals surface area (Å²) in [7, 11) is 3.27. The number of aromatic nitrogens is 2. The summed E-state index contributed by atoms with van der Waals surface area (Å²) >= 11 is 0. The summed E-state index contributed by atoms with van der Waals surface area (Å²) in [6.07, 6.45) is 4.68. The molecule has 26 heavy (non-hydrogen) atoms. The van der Waals surface area contributed by atoms with Crippen molar-refractivity contribution >= 4 is 17.5 Å². The molecule has 8 nitrogen and oxygen atoms in total. The predicted octanol–water partition coefficient (Wildman–Crippen LogP) is 2.27. The van der Waals surface area contributed by atoms with Gasteiger partial charge in [0.1, 0.15) is 17.3 Å². The van der Waals surface area contributed by atoms with Crippen molar-refractivity contribution in [2.75, 3.05) is 37.5 Å². The Kier molecular flexibility index (Phi) is 5.40. The fourth-order valence-corrected chi connectivity index (χ4v) is 2.97. The zero-order valence-electron chi connectivity index (χ0n) is 14.8. The number of carbonyl (C=O) groups is 1. The number of nitrogens with one attached hydrogen (secondary N) is 1. The SMILES string of the molecule is COc1cc(NC2CCN(c3cnc(C(=O)O)cn3)CC2)cc(OC)c1. The van der Waals surface area contributed by atoms with Crippen LogP contribution in [-0.4, -0.2) is 54.4 Å². The molecular formula is C18H22N4O4. The van der Waals surface area contributed by atoms with Crippen molar-refractivity contribution < 1.29 is 19.4 Å². The van der Waals surface area contributed by atoms with Crippen molar-refractivity contribution in [3.63, 3.8) is 0 Å². The second-order valence-electron chi connectivity index (χ2n) is 6.07. The Hall–Kier alpha value is -3.03. The maximum absolute atomic E-state index is 10.9. The minimum Gasteiger partial charge on any atom is -0.497 e. The van der Waals surface area contributed by atoms with Gasteiger partial charge < -0.3 is 24.8 Å². The number of rotatable bonds is 6. The van der Waals surface area contributed by atoms with Crippen molar-refractivity contribution in [1.29, 1.82) is 0 Å². The Morgan fingerprint density at radius 2 is 1.77 bits per heavy atom. The lowest BCUT2D eigenvalue weighted by Gasteiger charge is -2.33. The van der Waals surface area contributed by atoms with Gasteiger partial charge in [0, 0.05) is 43.0 Å². The number of benzene rings is 1. The summed E-state index contributed by atoms with van der Waals surface area (Å²) in [5, 5.41) is 12.4. The molecule has 2 N–H and O–H groups in total. The number of hydrogen-bond donors (Lipinski definition) is 2. The molecule has 1 aromatic carbocycles. The Bertz CT molecular complexity index is 736. The Morgan fingerprint density at radius 3 is 2.27 bits per heavy atom. The van der Waals surface area contributed by atoms with Gasteiger partial charge >= 0.3 is 5.97 Å². The standard InChI is InChI=1S/C18H22N4O4/c1-25-14-7-13(8-15(9-14)26-2)21-12-3-5-22(6-4-12)17-11-19-16(10-20-17)18(23)24/h7-12,21H,3-6H2,1-2H3,(H,23,24). The summed E-state index contributed by atoms with van der Waals surface area (Å²) in [4.78, 5) is 21.1. The minimum absolute atomic E-state index is 0.0442. The molecule has 1 saturated heterocycles.